The zero-order valence-electron chi connectivity index (χ0n) is 16.2. The Morgan fingerprint density at radius 2 is 1.77 bits per heavy atom. The lowest BCUT2D eigenvalue weighted by Gasteiger charge is -2.24. The monoisotopic (exact) mass is 406 g/mol. The van der Waals surface area contributed by atoms with Gasteiger partial charge in [-0.05, 0) is 60.4 Å². The van der Waals surface area contributed by atoms with Crippen LogP contribution in [0.15, 0.2) is 59.4 Å². The van der Waals surface area contributed by atoms with Gasteiger partial charge in [-0.3, -0.25) is 14.4 Å². The lowest BCUT2D eigenvalue weighted by molar-refractivity contribution is 0.0963. The summed E-state index contributed by atoms with van der Waals surface area (Å²) in [5.74, 6) is -0.562. The maximum atomic E-state index is 13.0. The Kier molecular flexibility index (Phi) is 5.18. The summed E-state index contributed by atoms with van der Waals surface area (Å²) in [7, 11) is 1.59. The first kappa shape index (κ1) is 19.6. The van der Waals surface area contributed by atoms with Crippen molar-refractivity contribution in [2.24, 2.45) is 0 Å². The molecule has 30 heavy (non-hydrogen) atoms. The second-order valence-electron chi connectivity index (χ2n) is 7.17. The van der Waals surface area contributed by atoms with E-state index in [1.54, 1.807) is 7.11 Å². The minimum Gasteiger partial charge on any atom is -0.497 e. The topological polar surface area (TPSA) is 88.3 Å². The smallest absolute Gasteiger partial charge is 0.261 e. The third kappa shape index (κ3) is 3.87. The molecule has 152 valence electrons. The van der Waals surface area contributed by atoms with Gasteiger partial charge in [-0.25, -0.2) is 4.39 Å². The number of Topliss-reactive ketones (excluding diaryl/α,β-unsaturated/α-hetero) is 1. The van der Waals surface area contributed by atoms with E-state index in [1.807, 2.05) is 24.3 Å². The standard InChI is InChI=1S/C23H19FN2O4/c1-30-17-8-2-13(3-9-17)14-10-20-18(21(27)11-14)12-19(23(29)26-20)22(28)25-16-6-4-15(24)5-7-16/h2-9,12,14H,10-11H2,1H3,(H,25,28)(H,26,29)/t14-/m1/s1. The zero-order valence-corrected chi connectivity index (χ0v) is 16.2. The molecule has 0 spiro atoms. The molecular formula is C23H19FN2O4. The molecule has 1 aromatic heterocycles. The molecule has 4 rings (SSSR count). The van der Waals surface area contributed by atoms with Gasteiger partial charge in [0.15, 0.2) is 5.78 Å². The number of fused-ring (bicyclic) bond motifs is 1. The van der Waals surface area contributed by atoms with Gasteiger partial charge < -0.3 is 15.0 Å². The lowest BCUT2D eigenvalue weighted by atomic mass is 9.81. The second kappa shape index (κ2) is 7.94. The first-order chi connectivity index (χ1) is 14.4. The van der Waals surface area contributed by atoms with Crippen LogP contribution < -0.4 is 15.6 Å². The Hall–Kier alpha value is -3.74. The number of methoxy groups -OCH3 is 1. The van der Waals surface area contributed by atoms with Crippen LogP contribution >= 0.6 is 0 Å². The number of aromatic nitrogens is 1. The summed E-state index contributed by atoms with van der Waals surface area (Å²) in [5.41, 5.74) is 1.48. The van der Waals surface area contributed by atoms with E-state index in [4.69, 9.17) is 4.74 Å². The molecule has 1 atom stereocenters. The van der Waals surface area contributed by atoms with Gasteiger partial charge in [0.2, 0.25) is 0 Å². The van der Waals surface area contributed by atoms with E-state index >= 15 is 0 Å². The van der Waals surface area contributed by atoms with Crippen molar-refractivity contribution in [3.05, 3.63) is 93.2 Å². The van der Waals surface area contributed by atoms with Crippen molar-refractivity contribution in [3.8, 4) is 5.75 Å². The number of nitrogens with one attached hydrogen (secondary N) is 2. The molecule has 3 aromatic rings. The van der Waals surface area contributed by atoms with Crippen LogP contribution in [0, 0.1) is 5.82 Å². The van der Waals surface area contributed by atoms with Crippen LogP contribution in [0.1, 0.15) is 44.3 Å². The Bertz CT molecular complexity index is 1170. The average molecular weight is 406 g/mol. The van der Waals surface area contributed by atoms with E-state index in [1.165, 1.54) is 30.3 Å². The quantitative estimate of drug-likeness (QED) is 0.692. The minimum atomic E-state index is -0.657. The zero-order chi connectivity index (χ0) is 21.3. The van der Waals surface area contributed by atoms with Gasteiger partial charge in [0.05, 0.1) is 7.11 Å². The number of rotatable bonds is 4. The normalized spacial score (nSPS) is 15.4. The van der Waals surface area contributed by atoms with Gasteiger partial charge in [0.25, 0.3) is 11.5 Å². The Morgan fingerprint density at radius 3 is 2.43 bits per heavy atom. The summed E-state index contributed by atoms with van der Waals surface area (Å²) in [6, 6.07) is 14.0. The van der Waals surface area contributed by atoms with Crippen LogP contribution in [0.25, 0.3) is 0 Å². The number of hydrogen-bond acceptors (Lipinski definition) is 4. The average Bonchev–Trinajstić information content (AvgIpc) is 2.74. The number of benzene rings is 2. The number of ether oxygens (including phenoxy) is 1. The van der Waals surface area contributed by atoms with E-state index in [-0.39, 0.29) is 23.7 Å². The number of pyridine rings is 1. The summed E-state index contributed by atoms with van der Waals surface area (Å²) >= 11 is 0. The highest BCUT2D eigenvalue weighted by molar-refractivity contribution is 6.06. The van der Waals surface area contributed by atoms with Gasteiger partial charge in [0.1, 0.15) is 17.1 Å². The van der Waals surface area contributed by atoms with Crippen LogP contribution in [0.4, 0.5) is 10.1 Å². The molecule has 0 saturated heterocycles. The largest absolute Gasteiger partial charge is 0.497 e. The molecule has 6 nitrogen and oxygen atoms in total. The number of amides is 1. The number of aromatic amines is 1. The highest BCUT2D eigenvalue weighted by Gasteiger charge is 2.29. The number of H-pyrrole nitrogens is 1. The Labute approximate surface area is 171 Å². The van der Waals surface area contributed by atoms with Crippen molar-refractivity contribution in [1.82, 2.24) is 4.98 Å². The van der Waals surface area contributed by atoms with E-state index in [0.29, 0.717) is 23.4 Å². The summed E-state index contributed by atoms with van der Waals surface area (Å²) in [5, 5.41) is 2.54. The molecule has 0 fully saturated rings. The number of ketones is 1. The fourth-order valence-corrected chi connectivity index (χ4v) is 3.64. The Balaban J connectivity index is 1.59. The summed E-state index contributed by atoms with van der Waals surface area (Å²) < 4.78 is 18.2. The SMILES string of the molecule is COc1ccc([C@H]2CC(=O)c3cc(C(=O)Nc4ccc(F)cc4)c(=O)[nH]c3C2)cc1. The third-order valence-corrected chi connectivity index (χ3v) is 5.24. The van der Waals surface area contributed by atoms with E-state index in [2.05, 4.69) is 10.3 Å². The molecule has 0 bridgehead atoms. The molecule has 1 aliphatic carbocycles. The van der Waals surface area contributed by atoms with Crippen molar-refractivity contribution in [3.63, 3.8) is 0 Å². The summed E-state index contributed by atoms with van der Waals surface area (Å²) in [4.78, 5) is 40.5. The first-order valence-electron chi connectivity index (χ1n) is 9.45. The highest BCUT2D eigenvalue weighted by Crippen LogP contribution is 2.32. The molecule has 0 saturated carbocycles. The fourth-order valence-electron chi connectivity index (χ4n) is 3.64. The molecule has 2 aromatic carbocycles. The van der Waals surface area contributed by atoms with Crippen molar-refractivity contribution >= 4 is 17.4 Å². The number of halogens is 1. The number of hydrogen-bond donors (Lipinski definition) is 2. The van der Waals surface area contributed by atoms with Gasteiger partial charge in [-0.15, -0.1) is 0 Å². The van der Waals surface area contributed by atoms with Crippen molar-refractivity contribution in [2.45, 2.75) is 18.8 Å². The number of carbonyl (C=O) groups is 2. The molecule has 2 N–H and O–H groups in total. The lowest BCUT2D eigenvalue weighted by Crippen LogP contribution is -2.29. The number of anilines is 1. The van der Waals surface area contributed by atoms with Gasteiger partial charge in [0, 0.05) is 23.4 Å². The summed E-state index contributed by atoms with van der Waals surface area (Å²) in [6.07, 6.45) is 0.771. The Morgan fingerprint density at radius 1 is 1.07 bits per heavy atom. The molecule has 0 aliphatic heterocycles. The maximum absolute atomic E-state index is 13.0. The van der Waals surface area contributed by atoms with Crippen molar-refractivity contribution < 1.29 is 18.7 Å². The first-order valence-corrected chi connectivity index (χ1v) is 9.45. The minimum absolute atomic E-state index is 0.0644. The summed E-state index contributed by atoms with van der Waals surface area (Å²) in [6.45, 7) is 0. The van der Waals surface area contributed by atoms with E-state index in [0.717, 1.165) is 11.3 Å². The van der Waals surface area contributed by atoms with Crippen LogP contribution in [-0.4, -0.2) is 23.8 Å². The van der Waals surface area contributed by atoms with Crippen LogP contribution in [0.5, 0.6) is 5.75 Å². The maximum Gasteiger partial charge on any atom is 0.261 e. The van der Waals surface area contributed by atoms with E-state index < -0.39 is 17.3 Å². The van der Waals surface area contributed by atoms with Crippen LogP contribution in [0.3, 0.4) is 0 Å². The molecule has 1 heterocycles. The third-order valence-electron chi connectivity index (χ3n) is 5.24. The second-order valence-corrected chi connectivity index (χ2v) is 7.17. The molecular weight excluding hydrogens is 387 g/mol. The molecule has 7 heteroatoms. The molecule has 1 amide bonds. The van der Waals surface area contributed by atoms with Crippen LogP contribution in [0.2, 0.25) is 0 Å². The predicted octanol–water partition coefficient (Wildman–Crippen LogP) is 3.69. The van der Waals surface area contributed by atoms with Crippen LogP contribution in [-0.2, 0) is 6.42 Å². The molecule has 1 aliphatic rings. The van der Waals surface area contributed by atoms with Gasteiger partial charge >= 0.3 is 0 Å². The van der Waals surface area contributed by atoms with Gasteiger partial charge in [-0.2, -0.15) is 0 Å². The highest BCUT2D eigenvalue weighted by atomic mass is 19.1. The van der Waals surface area contributed by atoms with Gasteiger partial charge in [-0.1, -0.05) is 12.1 Å². The van der Waals surface area contributed by atoms with E-state index in [9.17, 15) is 18.8 Å². The predicted molar refractivity (Wildman–Crippen MR) is 110 cm³/mol. The molecule has 0 radical (unpaired) electrons. The van der Waals surface area contributed by atoms with Crippen molar-refractivity contribution in [2.75, 3.05) is 12.4 Å². The number of carbonyl (C=O) groups excluding carboxylic acids is 2. The van der Waals surface area contributed by atoms with Crippen molar-refractivity contribution in [1.29, 1.82) is 0 Å². The molecule has 0 unspecified atom stereocenters. The fraction of sp³-hybridized carbons (Fsp3) is 0.174.